The summed E-state index contributed by atoms with van der Waals surface area (Å²) in [5.41, 5.74) is -0.538. The van der Waals surface area contributed by atoms with Gasteiger partial charge in [-0.2, -0.15) is 0 Å². The molecular weight excluding hydrogens is 272 g/mol. The van der Waals surface area contributed by atoms with Gasteiger partial charge in [0.05, 0.1) is 11.6 Å². The van der Waals surface area contributed by atoms with Crippen molar-refractivity contribution < 1.29 is 5.11 Å². The van der Waals surface area contributed by atoms with Gasteiger partial charge in [0.2, 0.25) is 0 Å². The molecule has 22 heavy (non-hydrogen) atoms. The number of anilines is 1. The number of hydrogen-bond acceptors (Lipinski definition) is 3. The summed E-state index contributed by atoms with van der Waals surface area (Å²) in [6.07, 6.45) is 9.88. The molecule has 2 fully saturated rings. The van der Waals surface area contributed by atoms with E-state index in [2.05, 4.69) is 34.6 Å². The highest BCUT2D eigenvalue weighted by atomic mass is 16.3. The van der Waals surface area contributed by atoms with Gasteiger partial charge in [-0.3, -0.25) is 0 Å². The fraction of sp³-hybridized carbons (Fsp3) is 0.526. The normalized spacial score (nSPS) is 31.7. The lowest BCUT2D eigenvalue weighted by molar-refractivity contribution is -0.0836. The Balaban J connectivity index is 1.60. The average molecular weight is 296 g/mol. The van der Waals surface area contributed by atoms with Crippen molar-refractivity contribution in [2.45, 2.75) is 56.6 Å². The van der Waals surface area contributed by atoms with Crippen LogP contribution in [-0.4, -0.2) is 21.7 Å². The molecule has 0 aliphatic heterocycles. The molecule has 2 aliphatic carbocycles. The molecule has 2 aliphatic rings. The Labute approximate surface area is 131 Å². The van der Waals surface area contributed by atoms with Crippen molar-refractivity contribution in [1.82, 2.24) is 4.98 Å². The van der Waals surface area contributed by atoms with Gasteiger partial charge in [0.15, 0.2) is 0 Å². The number of aromatic nitrogens is 1. The first-order valence-corrected chi connectivity index (χ1v) is 8.59. The average Bonchev–Trinajstić information content (AvgIpc) is 2.55. The summed E-state index contributed by atoms with van der Waals surface area (Å²) in [6.45, 7) is 0. The van der Waals surface area contributed by atoms with Crippen molar-refractivity contribution in [3.05, 3.63) is 36.5 Å². The number of pyridine rings is 1. The third-order valence-corrected chi connectivity index (χ3v) is 5.69. The summed E-state index contributed by atoms with van der Waals surface area (Å²) in [6, 6.07) is 10.5. The van der Waals surface area contributed by atoms with Crippen LogP contribution in [0.3, 0.4) is 0 Å². The number of rotatable bonds is 2. The van der Waals surface area contributed by atoms with Crippen LogP contribution in [0.1, 0.15) is 44.9 Å². The molecule has 3 atom stereocenters. The zero-order valence-electron chi connectivity index (χ0n) is 13.0. The van der Waals surface area contributed by atoms with E-state index in [9.17, 15) is 5.11 Å². The van der Waals surface area contributed by atoms with Gasteiger partial charge in [0.25, 0.3) is 0 Å². The van der Waals surface area contributed by atoms with E-state index in [-0.39, 0.29) is 6.04 Å². The van der Waals surface area contributed by atoms with Crippen molar-refractivity contribution in [3.63, 3.8) is 0 Å². The molecule has 2 N–H and O–H groups in total. The molecule has 1 aromatic carbocycles. The number of aliphatic hydroxyl groups is 1. The van der Waals surface area contributed by atoms with Crippen LogP contribution in [0.2, 0.25) is 0 Å². The fourth-order valence-electron chi connectivity index (χ4n) is 4.46. The molecule has 1 unspecified atom stereocenters. The Bertz CT molecular complexity index is 669. The van der Waals surface area contributed by atoms with Crippen molar-refractivity contribution in [1.29, 1.82) is 0 Å². The number of hydrogen-bond donors (Lipinski definition) is 2. The van der Waals surface area contributed by atoms with E-state index < -0.39 is 5.60 Å². The van der Waals surface area contributed by atoms with E-state index in [0.717, 1.165) is 30.5 Å². The van der Waals surface area contributed by atoms with Gasteiger partial charge in [0, 0.05) is 11.6 Å². The SMILES string of the molecule is O[C@]12CCCC[C@@H]1CCCC2Nc1cc2ccccc2cn1. The Morgan fingerprint density at radius 1 is 1.05 bits per heavy atom. The van der Waals surface area contributed by atoms with Crippen LogP contribution in [-0.2, 0) is 0 Å². The topological polar surface area (TPSA) is 45.1 Å². The molecule has 116 valence electrons. The molecule has 0 amide bonds. The van der Waals surface area contributed by atoms with Crippen LogP contribution in [0, 0.1) is 5.92 Å². The molecule has 3 heteroatoms. The molecule has 1 heterocycles. The van der Waals surface area contributed by atoms with Gasteiger partial charge in [-0.05, 0) is 43.1 Å². The van der Waals surface area contributed by atoms with E-state index in [1.54, 1.807) is 0 Å². The van der Waals surface area contributed by atoms with Crippen LogP contribution < -0.4 is 5.32 Å². The van der Waals surface area contributed by atoms with E-state index in [4.69, 9.17) is 0 Å². The monoisotopic (exact) mass is 296 g/mol. The number of nitrogens with zero attached hydrogens (tertiary/aromatic N) is 1. The predicted octanol–water partition coefficient (Wildman–Crippen LogP) is 4.12. The molecule has 3 nitrogen and oxygen atoms in total. The van der Waals surface area contributed by atoms with Crippen molar-refractivity contribution in [2.75, 3.05) is 5.32 Å². The lowest BCUT2D eigenvalue weighted by atomic mass is 9.65. The minimum atomic E-state index is -0.538. The maximum absolute atomic E-state index is 11.2. The molecule has 2 saturated carbocycles. The van der Waals surface area contributed by atoms with E-state index in [0.29, 0.717) is 5.92 Å². The van der Waals surface area contributed by atoms with Crippen molar-refractivity contribution in [2.24, 2.45) is 5.92 Å². The standard InChI is InChI=1S/C19H24N2O/c22-19-11-4-3-8-16(19)9-5-10-17(19)21-18-12-14-6-1-2-7-15(14)13-20-18/h1-2,6-7,12-13,16-17,22H,3-5,8-11H2,(H,20,21)/t16-,17?,19-/m1/s1. The van der Waals surface area contributed by atoms with Gasteiger partial charge < -0.3 is 10.4 Å². The van der Waals surface area contributed by atoms with Crippen LogP contribution >= 0.6 is 0 Å². The van der Waals surface area contributed by atoms with Crippen LogP contribution in [0.4, 0.5) is 5.82 Å². The molecule has 4 rings (SSSR count). The Morgan fingerprint density at radius 2 is 1.86 bits per heavy atom. The minimum Gasteiger partial charge on any atom is -0.387 e. The summed E-state index contributed by atoms with van der Waals surface area (Å²) >= 11 is 0. The fourth-order valence-corrected chi connectivity index (χ4v) is 4.46. The number of fused-ring (bicyclic) bond motifs is 2. The number of benzene rings is 1. The minimum absolute atomic E-state index is 0.139. The Hall–Kier alpha value is -1.61. The van der Waals surface area contributed by atoms with Gasteiger partial charge >= 0.3 is 0 Å². The van der Waals surface area contributed by atoms with Crippen LogP contribution in [0.15, 0.2) is 36.5 Å². The molecule has 1 aromatic heterocycles. The summed E-state index contributed by atoms with van der Waals surface area (Å²) < 4.78 is 0. The maximum Gasteiger partial charge on any atom is 0.126 e. The highest BCUT2D eigenvalue weighted by Gasteiger charge is 2.47. The summed E-state index contributed by atoms with van der Waals surface area (Å²) in [5.74, 6) is 1.36. The Morgan fingerprint density at radius 3 is 2.77 bits per heavy atom. The smallest absolute Gasteiger partial charge is 0.126 e. The zero-order chi connectivity index (χ0) is 15.0. The second kappa shape index (κ2) is 5.54. The predicted molar refractivity (Wildman–Crippen MR) is 89.9 cm³/mol. The maximum atomic E-state index is 11.2. The van der Waals surface area contributed by atoms with Crippen LogP contribution in [0.5, 0.6) is 0 Å². The largest absolute Gasteiger partial charge is 0.387 e. The first-order valence-electron chi connectivity index (χ1n) is 8.59. The van der Waals surface area contributed by atoms with Crippen molar-refractivity contribution in [3.8, 4) is 0 Å². The van der Waals surface area contributed by atoms with Gasteiger partial charge in [-0.15, -0.1) is 0 Å². The van der Waals surface area contributed by atoms with Gasteiger partial charge in [-0.1, -0.05) is 43.5 Å². The molecule has 0 bridgehead atoms. The van der Waals surface area contributed by atoms with E-state index in [1.165, 1.54) is 31.1 Å². The summed E-state index contributed by atoms with van der Waals surface area (Å²) in [5, 5.41) is 17.1. The third-order valence-electron chi connectivity index (χ3n) is 5.69. The molecule has 0 spiro atoms. The number of nitrogens with one attached hydrogen (secondary N) is 1. The second-order valence-electron chi connectivity index (χ2n) is 6.98. The molecule has 0 saturated heterocycles. The highest BCUT2D eigenvalue weighted by Crippen LogP contribution is 2.44. The zero-order valence-corrected chi connectivity index (χ0v) is 13.0. The van der Waals surface area contributed by atoms with Gasteiger partial charge in [0.1, 0.15) is 5.82 Å². The van der Waals surface area contributed by atoms with Crippen molar-refractivity contribution >= 4 is 16.6 Å². The first kappa shape index (κ1) is 14.0. The molecule has 2 aromatic rings. The lowest BCUT2D eigenvalue weighted by Crippen LogP contribution is -2.56. The van der Waals surface area contributed by atoms with Gasteiger partial charge in [-0.25, -0.2) is 4.98 Å². The van der Waals surface area contributed by atoms with E-state index >= 15 is 0 Å². The second-order valence-corrected chi connectivity index (χ2v) is 6.98. The quantitative estimate of drug-likeness (QED) is 0.876. The van der Waals surface area contributed by atoms with E-state index in [1.807, 2.05) is 12.3 Å². The summed E-state index contributed by atoms with van der Waals surface area (Å²) in [7, 11) is 0. The highest BCUT2D eigenvalue weighted by molar-refractivity contribution is 5.83. The molecular formula is C19H24N2O. The van der Waals surface area contributed by atoms with Crippen LogP contribution in [0.25, 0.3) is 10.8 Å². The Kier molecular flexibility index (Phi) is 3.53. The first-order chi connectivity index (χ1) is 10.8. The third kappa shape index (κ3) is 2.38. The summed E-state index contributed by atoms with van der Waals surface area (Å²) in [4.78, 5) is 4.55. The molecule has 0 radical (unpaired) electrons. The lowest BCUT2D eigenvalue weighted by Gasteiger charge is -2.49.